The summed E-state index contributed by atoms with van der Waals surface area (Å²) in [6.45, 7) is 1.55. The lowest BCUT2D eigenvalue weighted by molar-refractivity contribution is 0.1000. The average molecular weight is 370 g/mol. The van der Waals surface area contributed by atoms with Crippen LogP contribution in [0.25, 0.3) is 5.69 Å². The van der Waals surface area contributed by atoms with E-state index in [0.29, 0.717) is 11.4 Å². The first-order valence-electron chi connectivity index (χ1n) is 8.06. The van der Waals surface area contributed by atoms with Gasteiger partial charge in [-0.1, -0.05) is 6.07 Å². The van der Waals surface area contributed by atoms with E-state index in [2.05, 4.69) is 0 Å². The van der Waals surface area contributed by atoms with Crippen LogP contribution in [0.2, 0.25) is 0 Å². The molecule has 0 bridgehead atoms. The molecule has 138 valence electrons. The number of carbonyl (C=O) groups excluding carboxylic acids is 1. The molecule has 7 heteroatoms. The quantitative estimate of drug-likeness (QED) is 0.750. The smallest absolute Gasteiger partial charge is 0.258 e. The third kappa shape index (κ3) is 4.03. The first-order chi connectivity index (χ1) is 12.8. The molecule has 0 radical (unpaired) electrons. The lowest BCUT2D eigenvalue weighted by Gasteiger charge is -2.13. The number of primary amides is 1. The summed E-state index contributed by atoms with van der Waals surface area (Å²) in [7, 11) is 0. The number of nitrogens with two attached hydrogens (primary N) is 1. The van der Waals surface area contributed by atoms with Crippen molar-refractivity contribution in [1.29, 1.82) is 0 Å². The zero-order valence-electron chi connectivity index (χ0n) is 14.4. The molecule has 0 saturated carbocycles. The van der Waals surface area contributed by atoms with Gasteiger partial charge in [0.25, 0.3) is 5.56 Å². The first-order valence-corrected chi connectivity index (χ1v) is 8.06. The molecule has 0 aliphatic carbocycles. The van der Waals surface area contributed by atoms with Crippen LogP contribution in [0.1, 0.15) is 21.6 Å². The Kier molecular flexibility index (Phi) is 5.03. The number of amides is 1. The Morgan fingerprint density at radius 1 is 1.11 bits per heavy atom. The summed E-state index contributed by atoms with van der Waals surface area (Å²) in [6, 6.07) is 12.4. The Bertz CT molecular complexity index is 1080. The third-order valence-corrected chi connectivity index (χ3v) is 3.99. The van der Waals surface area contributed by atoms with Gasteiger partial charge < -0.3 is 10.5 Å². The van der Waals surface area contributed by atoms with Crippen molar-refractivity contribution in [3.8, 4) is 11.4 Å². The molecule has 1 amide bonds. The van der Waals surface area contributed by atoms with Gasteiger partial charge in [0.1, 0.15) is 24.0 Å². The van der Waals surface area contributed by atoms with Gasteiger partial charge in [-0.25, -0.2) is 8.78 Å². The van der Waals surface area contributed by atoms with Crippen LogP contribution >= 0.6 is 0 Å². The number of ether oxygens (including phenoxy) is 1. The summed E-state index contributed by atoms with van der Waals surface area (Å²) in [5.74, 6) is -1.73. The van der Waals surface area contributed by atoms with Crippen LogP contribution in [0, 0.1) is 18.6 Å². The van der Waals surface area contributed by atoms with Crippen LogP contribution in [-0.2, 0) is 6.61 Å². The molecule has 5 nitrogen and oxygen atoms in total. The predicted octanol–water partition coefficient (Wildman–Crippen LogP) is 3.10. The Labute approximate surface area is 153 Å². The van der Waals surface area contributed by atoms with Crippen LogP contribution in [0.3, 0.4) is 0 Å². The molecule has 1 heterocycles. The molecule has 0 fully saturated rings. The van der Waals surface area contributed by atoms with Crippen molar-refractivity contribution in [3.05, 3.63) is 93.4 Å². The second kappa shape index (κ2) is 7.41. The minimum Gasteiger partial charge on any atom is -0.489 e. The van der Waals surface area contributed by atoms with E-state index in [-0.39, 0.29) is 29.0 Å². The van der Waals surface area contributed by atoms with E-state index in [1.807, 2.05) is 0 Å². The molecule has 0 aliphatic heterocycles. The Morgan fingerprint density at radius 2 is 1.89 bits per heavy atom. The summed E-state index contributed by atoms with van der Waals surface area (Å²) in [5, 5.41) is 0. The highest BCUT2D eigenvalue weighted by Crippen LogP contribution is 2.18. The molecule has 3 rings (SSSR count). The van der Waals surface area contributed by atoms with Gasteiger partial charge >= 0.3 is 0 Å². The van der Waals surface area contributed by atoms with Crippen molar-refractivity contribution in [2.75, 3.05) is 0 Å². The highest BCUT2D eigenvalue weighted by molar-refractivity contribution is 5.93. The highest BCUT2D eigenvalue weighted by Gasteiger charge is 2.10. The summed E-state index contributed by atoms with van der Waals surface area (Å²) in [5.41, 5.74) is 6.40. The van der Waals surface area contributed by atoms with Crippen LogP contribution < -0.4 is 16.0 Å². The topological polar surface area (TPSA) is 74.3 Å². The minimum absolute atomic E-state index is 0.147. The van der Waals surface area contributed by atoms with Crippen molar-refractivity contribution in [3.63, 3.8) is 0 Å². The molecule has 27 heavy (non-hydrogen) atoms. The second-order valence-electron chi connectivity index (χ2n) is 5.95. The maximum Gasteiger partial charge on any atom is 0.258 e. The predicted molar refractivity (Wildman–Crippen MR) is 96.0 cm³/mol. The van der Waals surface area contributed by atoms with E-state index in [4.69, 9.17) is 10.5 Å². The molecular weight excluding hydrogens is 354 g/mol. The van der Waals surface area contributed by atoms with Crippen LogP contribution in [0.4, 0.5) is 8.78 Å². The zero-order chi connectivity index (χ0) is 19.6. The molecule has 0 aliphatic rings. The number of carbonyl (C=O) groups is 1. The van der Waals surface area contributed by atoms with E-state index in [0.717, 1.165) is 12.1 Å². The summed E-state index contributed by atoms with van der Waals surface area (Å²) in [4.78, 5) is 23.8. The van der Waals surface area contributed by atoms with Gasteiger partial charge in [0.15, 0.2) is 0 Å². The highest BCUT2D eigenvalue weighted by atomic mass is 19.1. The number of benzene rings is 2. The van der Waals surface area contributed by atoms with Gasteiger partial charge in [-0.05, 0) is 37.3 Å². The van der Waals surface area contributed by atoms with Crippen molar-refractivity contribution >= 4 is 5.91 Å². The summed E-state index contributed by atoms with van der Waals surface area (Å²) >= 11 is 0. The maximum atomic E-state index is 13.7. The third-order valence-electron chi connectivity index (χ3n) is 3.99. The average Bonchev–Trinajstić information content (AvgIpc) is 2.60. The summed E-state index contributed by atoms with van der Waals surface area (Å²) in [6.07, 6.45) is 0. The number of aryl methyl sites for hydroxylation is 1. The number of nitrogens with zero attached hydrogens (tertiary/aromatic N) is 1. The lowest BCUT2D eigenvalue weighted by atomic mass is 10.2. The molecule has 0 atom stereocenters. The van der Waals surface area contributed by atoms with Gasteiger partial charge in [0, 0.05) is 40.7 Å². The fourth-order valence-corrected chi connectivity index (χ4v) is 2.68. The van der Waals surface area contributed by atoms with E-state index in [1.54, 1.807) is 31.2 Å². The SMILES string of the molecule is Cc1cc(OCc2ccc(F)cc2F)cc(=O)n1-c1cccc(C(N)=O)c1. The molecular formula is C20H16F2N2O3. The number of hydrogen-bond donors (Lipinski definition) is 1. The fourth-order valence-electron chi connectivity index (χ4n) is 2.68. The van der Waals surface area contributed by atoms with E-state index >= 15 is 0 Å². The minimum atomic E-state index is -0.719. The molecule has 3 aromatic rings. The fraction of sp³-hybridized carbons (Fsp3) is 0.100. The Balaban J connectivity index is 1.88. The van der Waals surface area contributed by atoms with Crippen molar-refractivity contribution in [2.24, 2.45) is 5.73 Å². The van der Waals surface area contributed by atoms with Crippen LogP contribution in [0.15, 0.2) is 59.4 Å². The van der Waals surface area contributed by atoms with Gasteiger partial charge in [-0.15, -0.1) is 0 Å². The van der Waals surface area contributed by atoms with Gasteiger partial charge in [0.05, 0.1) is 0 Å². The van der Waals surface area contributed by atoms with Crippen molar-refractivity contribution in [1.82, 2.24) is 4.57 Å². The Hall–Kier alpha value is -3.48. The van der Waals surface area contributed by atoms with E-state index < -0.39 is 17.5 Å². The zero-order valence-corrected chi connectivity index (χ0v) is 14.4. The normalized spacial score (nSPS) is 10.6. The van der Waals surface area contributed by atoms with Gasteiger partial charge in [-0.2, -0.15) is 0 Å². The molecule has 0 spiro atoms. The molecule has 0 unspecified atom stereocenters. The number of rotatable bonds is 5. The number of hydrogen-bond acceptors (Lipinski definition) is 3. The van der Waals surface area contributed by atoms with E-state index in [1.165, 1.54) is 22.8 Å². The van der Waals surface area contributed by atoms with Crippen LogP contribution in [-0.4, -0.2) is 10.5 Å². The monoisotopic (exact) mass is 370 g/mol. The number of pyridine rings is 1. The molecule has 2 N–H and O–H groups in total. The number of halogens is 2. The molecule has 2 aromatic carbocycles. The van der Waals surface area contributed by atoms with Crippen LogP contribution in [0.5, 0.6) is 5.75 Å². The van der Waals surface area contributed by atoms with Gasteiger partial charge in [0.2, 0.25) is 5.91 Å². The number of aromatic nitrogens is 1. The second-order valence-corrected chi connectivity index (χ2v) is 5.95. The van der Waals surface area contributed by atoms with E-state index in [9.17, 15) is 18.4 Å². The molecule has 1 aromatic heterocycles. The Morgan fingerprint density at radius 3 is 2.56 bits per heavy atom. The first kappa shape index (κ1) is 18.3. The summed E-state index contributed by atoms with van der Waals surface area (Å²) < 4.78 is 33.5. The van der Waals surface area contributed by atoms with Crippen molar-refractivity contribution < 1.29 is 18.3 Å². The molecule has 0 saturated heterocycles. The van der Waals surface area contributed by atoms with Gasteiger partial charge in [-0.3, -0.25) is 14.2 Å². The maximum absolute atomic E-state index is 13.7. The lowest BCUT2D eigenvalue weighted by Crippen LogP contribution is -2.21. The van der Waals surface area contributed by atoms with Crippen molar-refractivity contribution in [2.45, 2.75) is 13.5 Å². The largest absolute Gasteiger partial charge is 0.489 e. The standard InChI is InChI=1S/C20H16F2N2O3/c1-12-7-17(27-11-14-5-6-15(21)9-18(14)22)10-19(25)24(12)16-4-2-3-13(8-16)20(23)26/h2-10H,11H2,1H3,(H2,23,26).